The molecule has 0 aromatic heterocycles. The van der Waals surface area contributed by atoms with Crippen LogP contribution in [0.3, 0.4) is 0 Å². The number of hydrogen-bond acceptors (Lipinski definition) is 6. The normalized spacial score (nSPS) is 11.6. The average molecular weight is 476 g/mol. The maximum Gasteiger partial charge on any atom is 0.333 e. The summed E-state index contributed by atoms with van der Waals surface area (Å²) in [6, 6.07) is 15.6. The van der Waals surface area contributed by atoms with Crippen LogP contribution in [0, 0.1) is 6.92 Å². The summed E-state index contributed by atoms with van der Waals surface area (Å²) in [6.07, 6.45) is 0. The summed E-state index contributed by atoms with van der Waals surface area (Å²) < 4.78 is 56.3. The molecule has 3 aromatic rings. The molecule has 0 spiro atoms. The number of carbonyl (C=O) groups is 1. The van der Waals surface area contributed by atoms with Gasteiger partial charge in [0.05, 0.1) is 17.7 Å². The van der Waals surface area contributed by atoms with Crippen LogP contribution in [0.25, 0.3) is 11.1 Å². The number of primary sulfonamides is 1. The molecule has 0 bridgehead atoms. The van der Waals surface area contributed by atoms with Gasteiger partial charge >= 0.3 is 6.03 Å². The number of nitrogens with one attached hydrogen (secondary N) is 2. The first-order valence-corrected chi connectivity index (χ1v) is 12.2. The van der Waals surface area contributed by atoms with Gasteiger partial charge in [-0.25, -0.2) is 31.5 Å². The number of para-hydroxylation sites is 1. The van der Waals surface area contributed by atoms with Crippen molar-refractivity contribution in [2.45, 2.75) is 16.7 Å². The monoisotopic (exact) mass is 475 g/mol. The summed E-state index contributed by atoms with van der Waals surface area (Å²) in [6.45, 7) is 1.79. The van der Waals surface area contributed by atoms with Crippen LogP contribution in [0.5, 0.6) is 5.75 Å². The van der Waals surface area contributed by atoms with Gasteiger partial charge in [0.2, 0.25) is 10.0 Å². The zero-order chi connectivity index (χ0) is 23.5. The van der Waals surface area contributed by atoms with E-state index in [0.717, 1.165) is 5.56 Å². The largest absolute Gasteiger partial charge is 0.497 e. The summed E-state index contributed by atoms with van der Waals surface area (Å²) in [5.74, 6) is 0.577. The van der Waals surface area contributed by atoms with Crippen molar-refractivity contribution in [1.29, 1.82) is 0 Å². The van der Waals surface area contributed by atoms with Gasteiger partial charge in [-0.3, -0.25) is 0 Å². The van der Waals surface area contributed by atoms with E-state index in [0.29, 0.717) is 16.9 Å². The zero-order valence-electron chi connectivity index (χ0n) is 17.2. The Hall–Kier alpha value is -3.41. The first kappa shape index (κ1) is 23.3. The minimum absolute atomic E-state index is 0.117. The van der Waals surface area contributed by atoms with E-state index in [4.69, 9.17) is 9.88 Å². The van der Waals surface area contributed by atoms with E-state index in [1.165, 1.54) is 31.4 Å². The van der Waals surface area contributed by atoms with E-state index >= 15 is 0 Å². The molecular weight excluding hydrogens is 454 g/mol. The number of aryl methyl sites for hydroxylation is 1. The zero-order valence-corrected chi connectivity index (χ0v) is 18.8. The lowest BCUT2D eigenvalue weighted by Gasteiger charge is -2.16. The predicted octanol–water partition coefficient (Wildman–Crippen LogP) is 2.83. The van der Waals surface area contributed by atoms with Crippen LogP contribution in [0.4, 0.5) is 10.5 Å². The number of sulfonamides is 2. The number of amides is 2. The van der Waals surface area contributed by atoms with Gasteiger partial charge in [-0.05, 0) is 42.8 Å². The number of urea groups is 1. The molecule has 2 amide bonds. The first-order valence-electron chi connectivity index (χ1n) is 9.22. The molecule has 32 heavy (non-hydrogen) atoms. The highest BCUT2D eigenvalue weighted by Crippen LogP contribution is 2.34. The fourth-order valence-electron chi connectivity index (χ4n) is 2.95. The molecular formula is C21H21N3O6S2. The quantitative estimate of drug-likeness (QED) is 0.500. The smallest absolute Gasteiger partial charge is 0.333 e. The van der Waals surface area contributed by atoms with Crippen LogP contribution in [-0.4, -0.2) is 30.0 Å². The van der Waals surface area contributed by atoms with Crippen LogP contribution in [0.15, 0.2) is 76.5 Å². The fraction of sp³-hybridized carbons (Fsp3) is 0.0952. The van der Waals surface area contributed by atoms with Crippen molar-refractivity contribution >= 4 is 31.8 Å². The molecule has 0 atom stereocenters. The lowest BCUT2D eigenvalue weighted by Crippen LogP contribution is -2.35. The van der Waals surface area contributed by atoms with E-state index in [1.807, 2.05) is 4.72 Å². The third-order valence-corrected chi connectivity index (χ3v) is 6.83. The van der Waals surface area contributed by atoms with Crippen LogP contribution in [-0.2, 0) is 20.0 Å². The molecule has 3 aromatic carbocycles. The van der Waals surface area contributed by atoms with Crippen LogP contribution in [0.2, 0.25) is 0 Å². The van der Waals surface area contributed by atoms with E-state index in [2.05, 4.69) is 5.32 Å². The molecule has 0 saturated carbocycles. The SMILES string of the molecule is COc1ccc(-c2cccc(S(N)(=O)=O)c2NC(=O)NS(=O)(=O)c2ccc(C)cc2)cc1. The Morgan fingerprint density at radius 3 is 2.09 bits per heavy atom. The highest BCUT2D eigenvalue weighted by molar-refractivity contribution is 7.90. The molecule has 0 saturated heterocycles. The van der Waals surface area contributed by atoms with Gasteiger partial charge < -0.3 is 10.1 Å². The Morgan fingerprint density at radius 2 is 1.53 bits per heavy atom. The summed E-state index contributed by atoms with van der Waals surface area (Å²) >= 11 is 0. The molecule has 9 nitrogen and oxygen atoms in total. The Balaban J connectivity index is 2.00. The molecule has 0 fully saturated rings. The average Bonchev–Trinajstić information content (AvgIpc) is 2.73. The van der Waals surface area contributed by atoms with E-state index in [-0.39, 0.29) is 15.5 Å². The molecule has 0 aliphatic rings. The van der Waals surface area contributed by atoms with Crippen molar-refractivity contribution < 1.29 is 26.4 Å². The van der Waals surface area contributed by atoms with Crippen LogP contribution >= 0.6 is 0 Å². The molecule has 0 aliphatic heterocycles. The molecule has 11 heteroatoms. The third kappa shape index (κ3) is 5.25. The van der Waals surface area contributed by atoms with Gasteiger partial charge in [0.1, 0.15) is 10.6 Å². The molecule has 4 N–H and O–H groups in total. The van der Waals surface area contributed by atoms with Gasteiger partial charge in [0.25, 0.3) is 10.0 Å². The second kappa shape index (κ2) is 8.99. The lowest BCUT2D eigenvalue weighted by molar-refractivity contribution is 0.256. The Kier molecular flexibility index (Phi) is 6.53. The number of anilines is 1. The van der Waals surface area contributed by atoms with E-state index in [9.17, 15) is 21.6 Å². The minimum Gasteiger partial charge on any atom is -0.497 e. The summed E-state index contributed by atoms with van der Waals surface area (Å²) in [5.41, 5.74) is 1.56. The maximum atomic E-state index is 12.6. The second-order valence-electron chi connectivity index (χ2n) is 6.82. The van der Waals surface area contributed by atoms with Gasteiger partial charge in [-0.2, -0.15) is 0 Å². The topological polar surface area (TPSA) is 145 Å². The summed E-state index contributed by atoms with van der Waals surface area (Å²) in [7, 11) is -6.93. The first-order chi connectivity index (χ1) is 15.0. The molecule has 0 radical (unpaired) electrons. The van der Waals surface area contributed by atoms with Gasteiger partial charge in [-0.15, -0.1) is 0 Å². The number of hydrogen-bond donors (Lipinski definition) is 3. The van der Waals surface area contributed by atoms with E-state index < -0.39 is 26.1 Å². The van der Waals surface area contributed by atoms with Crippen molar-refractivity contribution in [2.24, 2.45) is 5.14 Å². The van der Waals surface area contributed by atoms with Crippen LogP contribution in [0.1, 0.15) is 5.56 Å². The number of benzene rings is 3. The maximum absolute atomic E-state index is 12.6. The third-order valence-electron chi connectivity index (χ3n) is 4.53. The highest BCUT2D eigenvalue weighted by Gasteiger charge is 2.23. The number of methoxy groups -OCH3 is 1. The van der Waals surface area contributed by atoms with Crippen LogP contribution < -0.4 is 19.9 Å². The van der Waals surface area contributed by atoms with Crippen molar-refractivity contribution in [2.75, 3.05) is 12.4 Å². The molecule has 168 valence electrons. The van der Waals surface area contributed by atoms with Crippen molar-refractivity contribution in [3.05, 3.63) is 72.3 Å². The number of ether oxygens (including phenoxy) is 1. The van der Waals surface area contributed by atoms with Crippen molar-refractivity contribution in [1.82, 2.24) is 4.72 Å². The Bertz CT molecular complexity index is 1350. The number of carbonyl (C=O) groups excluding carboxylic acids is 1. The molecule has 0 heterocycles. The second-order valence-corrected chi connectivity index (χ2v) is 10.0. The molecule has 0 unspecified atom stereocenters. The number of rotatable bonds is 6. The molecule has 0 aliphatic carbocycles. The van der Waals surface area contributed by atoms with Gasteiger partial charge in [0, 0.05) is 5.56 Å². The molecule has 3 rings (SSSR count). The lowest BCUT2D eigenvalue weighted by atomic mass is 10.0. The minimum atomic E-state index is -4.24. The number of nitrogens with two attached hydrogens (primary N) is 1. The van der Waals surface area contributed by atoms with Crippen molar-refractivity contribution in [3.8, 4) is 16.9 Å². The van der Waals surface area contributed by atoms with Gasteiger partial charge in [-0.1, -0.05) is 42.0 Å². The summed E-state index contributed by atoms with van der Waals surface area (Å²) in [4.78, 5) is 12.1. The van der Waals surface area contributed by atoms with E-state index in [1.54, 1.807) is 49.4 Å². The highest BCUT2D eigenvalue weighted by atomic mass is 32.2. The fourth-order valence-corrected chi connectivity index (χ4v) is 4.57. The Labute approximate surface area is 186 Å². The van der Waals surface area contributed by atoms with Gasteiger partial charge in [0.15, 0.2) is 0 Å². The summed E-state index contributed by atoms with van der Waals surface area (Å²) in [5, 5.41) is 7.65. The Morgan fingerprint density at radius 1 is 0.906 bits per heavy atom. The standard InChI is InChI=1S/C21H21N3O6S2/c1-14-6-12-17(13-7-14)32(28,29)24-21(25)23-20-18(4-3-5-19(20)31(22,26)27)15-8-10-16(30-2)11-9-15/h3-13H,1-2H3,(H2,22,26,27)(H2,23,24,25). The predicted molar refractivity (Wildman–Crippen MR) is 120 cm³/mol. The van der Waals surface area contributed by atoms with Crippen molar-refractivity contribution in [3.63, 3.8) is 0 Å².